The number of benzene rings is 2. The summed E-state index contributed by atoms with van der Waals surface area (Å²) in [6, 6.07) is 16.2. The molecule has 1 amide bonds. The minimum Gasteiger partial charge on any atom is -0.495 e. The number of fused-ring (bicyclic) bond motifs is 1. The zero-order chi connectivity index (χ0) is 24.5. The maximum atomic E-state index is 13.0. The number of unbranched alkanes of at least 4 members (excludes halogenated alkanes) is 9. The predicted octanol–water partition coefficient (Wildman–Crippen LogP) is 7.49. The fraction of sp³-hybridized carbons (Fsp3) is 0.533. The monoisotopic (exact) mass is 475 g/mol. The molecule has 188 valence electrons. The lowest BCUT2D eigenvalue weighted by atomic mass is 10.1. The Morgan fingerprint density at radius 2 is 1.54 bits per heavy atom. The van der Waals surface area contributed by atoms with Gasteiger partial charge >= 0.3 is 0 Å². The van der Waals surface area contributed by atoms with E-state index in [4.69, 9.17) is 9.72 Å². The summed E-state index contributed by atoms with van der Waals surface area (Å²) in [5.41, 5.74) is 3.05. The standard InChI is InChI=1S/C30H41N3O2/c1-3-4-5-6-7-8-9-10-11-16-21-32-26-18-13-12-17-25(26)31-30(32)24-22-29(34)33(23-24)27-19-14-15-20-28(27)35-2/h12-15,17-20,24H,3-11,16,21-23H2,1-2H3/t24-/m0/s1. The first kappa shape index (κ1) is 25.3. The molecule has 2 heterocycles. The molecule has 0 saturated carbocycles. The molecule has 0 radical (unpaired) electrons. The normalized spacial score (nSPS) is 15.9. The molecule has 1 saturated heterocycles. The van der Waals surface area contributed by atoms with Crippen LogP contribution in [0.3, 0.4) is 0 Å². The highest BCUT2D eigenvalue weighted by Crippen LogP contribution is 2.37. The van der Waals surface area contributed by atoms with E-state index in [0.29, 0.717) is 13.0 Å². The second-order valence-corrected chi connectivity index (χ2v) is 9.87. The van der Waals surface area contributed by atoms with Crippen LogP contribution < -0.4 is 9.64 Å². The number of imidazole rings is 1. The first-order chi connectivity index (χ1) is 17.2. The van der Waals surface area contributed by atoms with E-state index in [1.807, 2.05) is 35.2 Å². The summed E-state index contributed by atoms with van der Waals surface area (Å²) < 4.78 is 7.90. The number of carbonyl (C=O) groups excluding carboxylic acids is 1. The molecule has 1 aliphatic heterocycles. The number of para-hydroxylation sites is 4. The van der Waals surface area contributed by atoms with Crippen LogP contribution >= 0.6 is 0 Å². The van der Waals surface area contributed by atoms with Gasteiger partial charge in [0, 0.05) is 25.4 Å². The third kappa shape index (κ3) is 6.25. The summed E-state index contributed by atoms with van der Waals surface area (Å²) in [5, 5.41) is 0. The summed E-state index contributed by atoms with van der Waals surface area (Å²) in [7, 11) is 1.66. The second kappa shape index (κ2) is 12.8. The quantitative estimate of drug-likeness (QED) is 0.227. The van der Waals surface area contributed by atoms with Crippen molar-refractivity contribution in [3.63, 3.8) is 0 Å². The van der Waals surface area contributed by atoms with Crippen molar-refractivity contribution in [2.45, 2.75) is 90.0 Å². The molecule has 0 bridgehead atoms. The van der Waals surface area contributed by atoms with Gasteiger partial charge in [0.15, 0.2) is 0 Å². The van der Waals surface area contributed by atoms with Crippen molar-refractivity contribution in [1.82, 2.24) is 9.55 Å². The number of anilines is 1. The average molecular weight is 476 g/mol. The summed E-state index contributed by atoms with van der Waals surface area (Å²) in [6.45, 7) is 3.88. The van der Waals surface area contributed by atoms with E-state index in [1.165, 1.54) is 63.3 Å². The molecule has 1 fully saturated rings. The minimum atomic E-state index is 0.0860. The Kier molecular flexibility index (Phi) is 9.21. The molecule has 1 atom stereocenters. The van der Waals surface area contributed by atoms with E-state index in [2.05, 4.69) is 29.7 Å². The molecule has 5 nitrogen and oxygen atoms in total. The van der Waals surface area contributed by atoms with Crippen LogP contribution in [0.5, 0.6) is 5.75 Å². The largest absolute Gasteiger partial charge is 0.495 e. The van der Waals surface area contributed by atoms with Crippen molar-refractivity contribution < 1.29 is 9.53 Å². The van der Waals surface area contributed by atoms with Crippen LogP contribution in [0.1, 0.15) is 89.3 Å². The molecular weight excluding hydrogens is 434 g/mol. The predicted molar refractivity (Wildman–Crippen MR) is 144 cm³/mol. The van der Waals surface area contributed by atoms with E-state index in [-0.39, 0.29) is 11.8 Å². The molecular formula is C30H41N3O2. The number of aryl methyl sites for hydroxylation is 1. The number of hydrogen-bond donors (Lipinski definition) is 0. The minimum absolute atomic E-state index is 0.0860. The average Bonchev–Trinajstić information content (AvgIpc) is 3.45. The molecule has 4 rings (SSSR count). The lowest BCUT2D eigenvalue weighted by Crippen LogP contribution is -2.25. The van der Waals surface area contributed by atoms with E-state index < -0.39 is 0 Å². The van der Waals surface area contributed by atoms with Gasteiger partial charge in [-0.25, -0.2) is 4.98 Å². The maximum Gasteiger partial charge on any atom is 0.227 e. The summed E-state index contributed by atoms with van der Waals surface area (Å²) in [5.74, 6) is 2.01. The number of rotatable bonds is 14. The lowest BCUT2D eigenvalue weighted by molar-refractivity contribution is -0.117. The molecule has 35 heavy (non-hydrogen) atoms. The van der Waals surface area contributed by atoms with Crippen LogP contribution in [0.25, 0.3) is 11.0 Å². The Balaban J connectivity index is 1.39. The molecule has 3 aromatic rings. The Hall–Kier alpha value is -2.82. The SMILES string of the molecule is CCCCCCCCCCCCn1c([C@H]2CC(=O)N(c3ccccc3OC)C2)nc2ccccc21. The number of hydrogen-bond acceptors (Lipinski definition) is 3. The van der Waals surface area contributed by atoms with Gasteiger partial charge in [0.05, 0.1) is 23.8 Å². The van der Waals surface area contributed by atoms with Crippen LogP contribution in [-0.4, -0.2) is 29.1 Å². The van der Waals surface area contributed by atoms with Crippen LogP contribution in [0, 0.1) is 0 Å². The van der Waals surface area contributed by atoms with Gasteiger partial charge in [-0.3, -0.25) is 4.79 Å². The summed E-state index contributed by atoms with van der Waals surface area (Å²) >= 11 is 0. The van der Waals surface area contributed by atoms with Gasteiger partial charge in [-0.2, -0.15) is 0 Å². The zero-order valence-corrected chi connectivity index (χ0v) is 21.5. The second-order valence-electron chi connectivity index (χ2n) is 9.87. The van der Waals surface area contributed by atoms with Gasteiger partial charge in [0.1, 0.15) is 11.6 Å². The lowest BCUT2D eigenvalue weighted by Gasteiger charge is -2.19. The maximum absolute atomic E-state index is 13.0. The van der Waals surface area contributed by atoms with E-state index >= 15 is 0 Å². The Morgan fingerprint density at radius 3 is 2.29 bits per heavy atom. The summed E-state index contributed by atoms with van der Waals surface area (Å²) in [6.07, 6.45) is 13.8. The molecule has 1 aromatic heterocycles. The number of methoxy groups -OCH3 is 1. The third-order valence-electron chi connectivity index (χ3n) is 7.29. The van der Waals surface area contributed by atoms with E-state index in [9.17, 15) is 4.79 Å². The number of carbonyl (C=O) groups is 1. The topological polar surface area (TPSA) is 47.4 Å². The molecule has 1 aliphatic rings. The highest BCUT2D eigenvalue weighted by Gasteiger charge is 2.35. The first-order valence-electron chi connectivity index (χ1n) is 13.6. The van der Waals surface area contributed by atoms with Crippen LogP contribution in [0.15, 0.2) is 48.5 Å². The van der Waals surface area contributed by atoms with Crippen molar-refractivity contribution >= 4 is 22.6 Å². The molecule has 0 N–H and O–H groups in total. The van der Waals surface area contributed by atoms with Crippen molar-refractivity contribution in [3.05, 3.63) is 54.4 Å². The van der Waals surface area contributed by atoms with Gasteiger partial charge in [-0.05, 0) is 30.7 Å². The number of amides is 1. The molecule has 0 aliphatic carbocycles. The van der Waals surface area contributed by atoms with Gasteiger partial charge in [0.2, 0.25) is 5.91 Å². The highest BCUT2D eigenvalue weighted by molar-refractivity contribution is 5.97. The first-order valence-corrected chi connectivity index (χ1v) is 13.6. The Bertz CT molecular complexity index is 1090. The van der Waals surface area contributed by atoms with E-state index in [0.717, 1.165) is 35.7 Å². The van der Waals surface area contributed by atoms with Crippen molar-refractivity contribution in [1.29, 1.82) is 0 Å². The van der Waals surface area contributed by atoms with Gasteiger partial charge in [0.25, 0.3) is 0 Å². The van der Waals surface area contributed by atoms with Crippen molar-refractivity contribution in [2.75, 3.05) is 18.6 Å². The summed E-state index contributed by atoms with van der Waals surface area (Å²) in [4.78, 5) is 19.9. The smallest absolute Gasteiger partial charge is 0.227 e. The van der Waals surface area contributed by atoms with Crippen molar-refractivity contribution in [2.24, 2.45) is 0 Å². The van der Waals surface area contributed by atoms with Gasteiger partial charge < -0.3 is 14.2 Å². The molecule has 0 spiro atoms. The van der Waals surface area contributed by atoms with Crippen molar-refractivity contribution in [3.8, 4) is 5.75 Å². The number of ether oxygens (including phenoxy) is 1. The van der Waals surface area contributed by atoms with Crippen LogP contribution in [-0.2, 0) is 11.3 Å². The Labute approximate surface area is 210 Å². The van der Waals surface area contributed by atoms with Gasteiger partial charge in [-0.1, -0.05) is 89.0 Å². The van der Waals surface area contributed by atoms with Crippen LogP contribution in [0.4, 0.5) is 5.69 Å². The Morgan fingerprint density at radius 1 is 0.886 bits per heavy atom. The highest BCUT2D eigenvalue weighted by atomic mass is 16.5. The molecule has 0 unspecified atom stereocenters. The number of aromatic nitrogens is 2. The third-order valence-corrected chi connectivity index (χ3v) is 7.29. The molecule has 2 aromatic carbocycles. The van der Waals surface area contributed by atoms with Crippen LogP contribution in [0.2, 0.25) is 0 Å². The molecule has 5 heteroatoms. The van der Waals surface area contributed by atoms with E-state index in [1.54, 1.807) is 7.11 Å². The zero-order valence-electron chi connectivity index (χ0n) is 21.5. The fourth-order valence-electron chi connectivity index (χ4n) is 5.36. The van der Waals surface area contributed by atoms with Gasteiger partial charge in [-0.15, -0.1) is 0 Å². The fourth-order valence-corrected chi connectivity index (χ4v) is 5.36. The number of nitrogens with zero attached hydrogens (tertiary/aromatic N) is 3.